The van der Waals surface area contributed by atoms with Crippen LogP contribution in [0.5, 0.6) is 17.2 Å². The predicted molar refractivity (Wildman–Crippen MR) is 107 cm³/mol. The van der Waals surface area contributed by atoms with Crippen LogP contribution in [0.25, 0.3) is 5.57 Å². The van der Waals surface area contributed by atoms with E-state index < -0.39 is 0 Å². The SMILES string of the molecule is COc1cc(OC)c(C2=CCN(Cc3ccccc3[N+](=O)[O-])CC2)c(OC)c1. The van der Waals surface area contributed by atoms with E-state index in [0.717, 1.165) is 29.7 Å². The van der Waals surface area contributed by atoms with E-state index in [-0.39, 0.29) is 10.6 Å². The molecule has 0 aromatic heterocycles. The van der Waals surface area contributed by atoms with Gasteiger partial charge in [0.1, 0.15) is 17.2 Å². The highest BCUT2D eigenvalue weighted by atomic mass is 16.6. The monoisotopic (exact) mass is 384 g/mol. The summed E-state index contributed by atoms with van der Waals surface area (Å²) in [4.78, 5) is 13.1. The van der Waals surface area contributed by atoms with Crippen molar-refractivity contribution >= 4 is 11.3 Å². The van der Waals surface area contributed by atoms with Crippen LogP contribution in [0.1, 0.15) is 17.5 Å². The van der Waals surface area contributed by atoms with Crippen molar-refractivity contribution in [3.63, 3.8) is 0 Å². The second-order valence-electron chi connectivity index (χ2n) is 6.51. The molecule has 148 valence electrons. The van der Waals surface area contributed by atoms with Gasteiger partial charge in [-0.25, -0.2) is 0 Å². The molecular formula is C21H24N2O5. The van der Waals surface area contributed by atoms with Gasteiger partial charge in [-0.05, 0) is 12.0 Å². The molecule has 1 aliphatic rings. The van der Waals surface area contributed by atoms with Gasteiger partial charge in [0, 0.05) is 43.4 Å². The van der Waals surface area contributed by atoms with Gasteiger partial charge in [-0.1, -0.05) is 24.3 Å². The maximum absolute atomic E-state index is 11.2. The molecule has 2 aromatic carbocycles. The maximum atomic E-state index is 11.2. The highest BCUT2D eigenvalue weighted by Gasteiger charge is 2.22. The molecule has 3 rings (SSSR count). The van der Waals surface area contributed by atoms with Crippen molar-refractivity contribution in [1.29, 1.82) is 0 Å². The van der Waals surface area contributed by atoms with Crippen molar-refractivity contribution in [2.24, 2.45) is 0 Å². The number of hydrogen-bond donors (Lipinski definition) is 0. The maximum Gasteiger partial charge on any atom is 0.273 e. The Morgan fingerprint density at radius 3 is 2.29 bits per heavy atom. The summed E-state index contributed by atoms with van der Waals surface area (Å²) in [7, 11) is 4.86. The molecule has 1 aliphatic heterocycles. The fraction of sp³-hybridized carbons (Fsp3) is 0.333. The first-order chi connectivity index (χ1) is 13.6. The molecule has 0 unspecified atom stereocenters. The van der Waals surface area contributed by atoms with Gasteiger partial charge in [0.25, 0.3) is 5.69 Å². The Morgan fingerprint density at radius 1 is 1.07 bits per heavy atom. The molecule has 0 radical (unpaired) electrons. The summed E-state index contributed by atoms with van der Waals surface area (Å²) >= 11 is 0. The summed E-state index contributed by atoms with van der Waals surface area (Å²) in [5.41, 5.74) is 2.95. The average Bonchev–Trinajstić information content (AvgIpc) is 2.73. The van der Waals surface area contributed by atoms with Gasteiger partial charge in [-0.15, -0.1) is 0 Å². The van der Waals surface area contributed by atoms with Crippen LogP contribution in [0.2, 0.25) is 0 Å². The molecule has 0 bridgehead atoms. The van der Waals surface area contributed by atoms with Gasteiger partial charge in [0.05, 0.1) is 31.8 Å². The van der Waals surface area contributed by atoms with Gasteiger partial charge in [-0.3, -0.25) is 15.0 Å². The third-order valence-corrected chi connectivity index (χ3v) is 4.91. The number of ether oxygens (including phenoxy) is 3. The van der Waals surface area contributed by atoms with E-state index in [1.165, 1.54) is 0 Å². The van der Waals surface area contributed by atoms with Gasteiger partial charge in [0.15, 0.2) is 0 Å². The van der Waals surface area contributed by atoms with Crippen molar-refractivity contribution < 1.29 is 19.1 Å². The van der Waals surface area contributed by atoms with Gasteiger partial charge in [-0.2, -0.15) is 0 Å². The third kappa shape index (κ3) is 4.09. The van der Waals surface area contributed by atoms with Crippen molar-refractivity contribution in [3.8, 4) is 17.2 Å². The molecule has 1 heterocycles. The Kier molecular flexibility index (Phi) is 6.16. The summed E-state index contributed by atoms with van der Waals surface area (Å²) in [6.45, 7) is 2.02. The largest absolute Gasteiger partial charge is 0.496 e. The van der Waals surface area contributed by atoms with Crippen LogP contribution in [-0.4, -0.2) is 44.2 Å². The Bertz CT molecular complexity index is 869. The Labute approximate surface area is 164 Å². The number of methoxy groups -OCH3 is 3. The summed E-state index contributed by atoms with van der Waals surface area (Å²) in [5, 5.41) is 11.2. The third-order valence-electron chi connectivity index (χ3n) is 4.91. The normalized spacial score (nSPS) is 14.3. The average molecular weight is 384 g/mol. The summed E-state index contributed by atoms with van der Waals surface area (Å²) in [6.07, 6.45) is 2.92. The molecule has 0 fully saturated rings. The number of nitro benzene ring substituents is 1. The van der Waals surface area contributed by atoms with Crippen LogP contribution < -0.4 is 14.2 Å². The molecule has 0 aliphatic carbocycles. The smallest absolute Gasteiger partial charge is 0.273 e. The van der Waals surface area contributed by atoms with E-state index in [1.807, 2.05) is 24.3 Å². The molecule has 0 saturated heterocycles. The van der Waals surface area contributed by atoms with E-state index in [9.17, 15) is 10.1 Å². The minimum atomic E-state index is -0.326. The quantitative estimate of drug-likeness (QED) is 0.532. The zero-order valence-corrected chi connectivity index (χ0v) is 16.3. The van der Waals surface area contributed by atoms with Crippen LogP contribution in [0.3, 0.4) is 0 Å². The first kappa shape index (κ1) is 19.7. The summed E-state index contributed by atoms with van der Waals surface area (Å²) < 4.78 is 16.4. The van der Waals surface area contributed by atoms with Crippen LogP contribution in [-0.2, 0) is 6.54 Å². The number of nitrogens with zero attached hydrogens (tertiary/aromatic N) is 2. The lowest BCUT2D eigenvalue weighted by atomic mass is 9.97. The second-order valence-corrected chi connectivity index (χ2v) is 6.51. The first-order valence-corrected chi connectivity index (χ1v) is 9.01. The van der Waals surface area contributed by atoms with Crippen molar-refractivity contribution in [1.82, 2.24) is 4.90 Å². The fourth-order valence-corrected chi connectivity index (χ4v) is 3.47. The first-order valence-electron chi connectivity index (χ1n) is 9.01. The molecule has 7 nitrogen and oxygen atoms in total. The lowest BCUT2D eigenvalue weighted by Crippen LogP contribution is -2.28. The number of para-hydroxylation sites is 1. The van der Waals surface area contributed by atoms with Crippen LogP contribution in [0.15, 0.2) is 42.5 Å². The predicted octanol–water partition coefficient (Wildman–Crippen LogP) is 3.91. The summed E-state index contributed by atoms with van der Waals surface area (Å²) in [6, 6.07) is 10.6. The topological polar surface area (TPSA) is 74.1 Å². The lowest BCUT2D eigenvalue weighted by molar-refractivity contribution is -0.385. The van der Waals surface area contributed by atoms with E-state index in [4.69, 9.17) is 14.2 Å². The van der Waals surface area contributed by atoms with Crippen molar-refractivity contribution in [3.05, 3.63) is 63.7 Å². The van der Waals surface area contributed by atoms with Gasteiger partial charge >= 0.3 is 0 Å². The van der Waals surface area contributed by atoms with Gasteiger partial charge < -0.3 is 14.2 Å². The number of nitro groups is 1. The number of rotatable bonds is 7. The van der Waals surface area contributed by atoms with E-state index in [1.54, 1.807) is 33.5 Å². The van der Waals surface area contributed by atoms with Gasteiger partial charge in [0.2, 0.25) is 0 Å². The van der Waals surface area contributed by atoms with E-state index in [2.05, 4.69) is 11.0 Å². The number of benzene rings is 2. The minimum absolute atomic E-state index is 0.163. The second kappa shape index (κ2) is 8.75. The highest BCUT2D eigenvalue weighted by molar-refractivity contribution is 5.77. The van der Waals surface area contributed by atoms with Crippen LogP contribution in [0.4, 0.5) is 5.69 Å². The molecule has 0 spiro atoms. The molecule has 28 heavy (non-hydrogen) atoms. The zero-order valence-electron chi connectivity index (χ0n) is 16.3. The standard InChI is InChI=1S/C21H24N2O5/c1-26-17-12-19(27-2)21(20(13-17)28-3)15-8-10-22(11-9-15)14-16-6-4-5-7-18(16)23(24)25/h4-8,12-13H,9-11,14H2,1-3H3. The Hall–Kier alpha value is -3.06. The molecule has 7 heteroatoms. The minimum Gasteiger partial charge on any atom is -0.496 e. The molecule has 0 amide bonds. The molecule has 0 atom stereocenters. The molecule has 2 aromatic rings. The van der Waals surface area contributed by atoms with Crippen LogP contribution in [0, 0.1) is 10.1 Å². The molecule has 0 saturated carbocycles. The summed E-state index contributed by atoms with van der Waals surface area (Å²) in [5.74, 6) is 2.08. The molecule has 0 N–H and O–H groups in total. The number of hydrogen-bond acceptors (Lipinski definition) is 6. The highest BCUT2D eigenvalue weighted by Crippen LogP contribution is 2.41. The fourth-order valence-electron chi connectivity index (χ4n) is 3.47. The van der Waals surface area contributed by atoms with Crippen LogP contribution >= 0.6 is 0 Å². The van der Waals surface area contributed by atoms with Crippen molar-refractivity contribution in [2.45, 2.75) is 13.0 Å². The van der Waals surface area contributed by atoms with Crippen molar-refractivity contribution in [2.75, 3.05) is 34.4 Å². The zero-order chi connectivity index (χ0) is 20.1. The lowest BCUT2D eigenvalue weighted by Gasteiger charge is -2.27. The molecular weight excluding hydrogens is 360 g/mol. The van der Waals surface area contributed by atoms with E-state index in [0.29, 0.717) is 30.3 Å². The Morgan fingerprint density at radius 2 is 1.75 bits per heavy atom. The Balaban J connectivity index is 1.82. The van der Waals surface area contributed by atoms with E-state index >= 15 is 0 Å².